The highest BCUT2D eigenvalue weighted by Gasteiger charge is 2.24. The maximum atomic E-state index is 5.64. The Morgan fingerprint density at radius 3 is 3.06 bits per heavy atom. The average Bonchev–Trinajstić information content (AvgIpc) is 2.76. The number of fused-ring (bicyclic) bond motifs is 1. The zero-order chi connectivity index (χ0) is 12.5. The molecule has 0 amide bonds. The second-order valence-electron chi connectivity index (χ2n) is 4.39. The minimum absolute atomic E-state index is 0.160. The zero-order valence-electron chi connectivity index (χ0n) is 9.98. The second kappa shape index (κ2) is 4.61. The van der Waals surface area contributed by atoms with E-state index < -0.39 is 0 Å². The van der Waals surface area contributed by atoms with Crippen molar-refractivity contribution in [3.63, 3.8) is 0 Å². The summed E-state index contributed by atoms with van der Waals surface area (Å²) in [7, 11) is 0. The number of pyridine rings is 1. The third kappa shape index (κ3) is 2.08. The lowest BCUT2D eigenvalue weighted by molar-refractivity contribution is 0.339. The van der Waals surface area contributed by atoms with Gasteiger partial charge in [0.2, 0.25) is 0 Å². The minimum Gasteiger partial charge on any atom is -0.491 e. The lowest BCUT2D eigenvalue weighted by atomic mass is 10.1. The minimum atomic E-state index is 0.160. The number of aromatic nitrogens is 1. The van der Waals surface area contributed by atoms with Crippen LogP contribution in [0, 0.1) is 6.92 Å². The Labute approximate surface area is 114 Å². The monoisotopic (exact) mass is 304 g/mol. The van der Waals surface area contributed by atoms with Crippen molar-refractivity contribution in [2.75, 3.05) is 11.9 Å². The van der Waals surface area contributed by atoms with Gasteiger partial charge in [-0.25, -0.2) is 4.98 Å². The van der Waals surface area contributed by atoms with Crippen LogP contribution in [0.5, 0.6) is 5.75 Å². The van der Waals surface area contributed by atoms with Crippen LogP contribution in [0.3, 0.4) is 0 Å². The number of anilines is 1. The fourth-order valence-electron chi connectivity index (χ4n) is 2.09. The first-order valence-electron chi connectivity index (χ1n) is 5.84. The van der Waals surface area contributed by atoms with Gasteiger partial charge in [-0.2, -0.15) is 0 Å². The molecule has 3 nitrogen and oxygen atoms in total. The van der Waals surface area contributed by atoms with E-state index in [-0.39, 0.29) is 6.04 Å². The molecule has 2 heterocycles. The van der Waals surface area contributed by atoms with Gasteiger partial charge in [0.25, 0.3) is 0 Å². The molecule has 4 heteroatoms. The third-order valence-corrected chi connectivity index (χ3v) is 3.59. The number of nitrogens with one attached hydrogen (secondary N) is 1. The third-order valence-electron chi connectivity index (χ3n) is 2.99. The number of benzene rings is 1. The molecule has 1 aromatic carbocycles. The summed E-state index contributed by atoms with van der Waals surface area (Å²) >= 11 is 3.53. The Morgan fingerprint density at radius 2 is 2.22 bits per heavy atom. The van der Waals surface area contributed by atoms with Crippen molar-refractivity contribution in [2.45, 2.75) is 13.0 Å². The number of hydrogen-bond donors (Lipinski definition) is 1. The summed E-state index contributed by atoms with van der Waals surface area (Å²) in [5, 5.41) is 3.41. The van der Waals surface area contributed by atoms with Crippen LogP contribution < -0.4 is 10.1 Å². The Bertz CT molecular complexity index is 586. The quantitative estimate of drug-likeness (QED) is 0.918. The van der Waals surface area contributed by atoms with E-state index in [1.165, 1.54) is 5.56 Å². The molecule has 2 aromatic rings. The van der Waals surface area contributed by atoms with Gasteiger partial charge < -0.3 is 10.1 Å². The van der Waals surface area contributed by atoms with E-state index in [0.717, 1.165) is 21.6 Å². The molecule has 0 saturated carbocycles. The zero-order valence-corrected chi connectivity index (χ0v) is 11.6. The van der Waals surface area contributed by atoms with E-state index in [2.05, 4.69) is 38.4 Å². The van der Waals surface area contributed by atoms with E-state index in [1.54, 1.807) is 0 Å². The molecule has 1 aliphatic rings. The van der Waals surface area contributed by atoms with E-state index in [9.17, 15) is 0 Å². The maximum Gasteiger partial charge on any atom is 0.140 e. The van der Waals surface area contributed by atoms with Gasteiger partial charge in [-0.05, 0) is 40.5 Å². The van der Waals surface area contributed by atoms with Crippen LogP contribution in [0.15, 0.2) is 41.0 Å². The van der Waals surface area contributed by atoms with Gasteiger partial charge in [-0.15, -0.1) is 0 Å². The van der Waals surface area contributed by atoms with Gasteiger partial charge in [0.1, 0.15) is 18.2 Å². The lowest BCUT2D eigenvalue weighted by Crippen LogP contribution is -2.13. The fourth-order valence-corrected chi connectivity index (χ4v) is 2.66. The van der Waals surface area contributed by atoms with Crippen LogP contribution in [0.2, 0.25) is 0 Å². The molecule has 1 aromatic heterocycles. The van der Waals surface area contributed by atoms with Crippen molar-refractivity contribution in [3.05, 3.63) is 52.1 Å². The molecule has 3 rings (SSSR count). The summed E-state index contributed by atoms with van der Waals surface area (Å²) in [6, 6.07) is 10.3. The molecule has 1 N–H and O–H groups in total. The Hall–Kier alpha value is -1.55. The molecule has 1 atom stereocenters. The molecule has 0 aliphatic carbocycles. The fraction of sp³-hybridized carbons (Fsp3) is 0.214. The molecular formula is C14H13BrN2O. The second-order valence-corrected chi connectivity index (χ2v) is 5.24. The van der Waals surface area contributed by atoms with Crippen molar-refractivity contribution in [1.29, 1.82) is 0 Å². The molecule has 92 valence electrons. The summed E-state index contributed by atoms with van der Waals surface area (Å²) < 4.78 is 6.62. The van der Waals surface area contributed by atoms with Crippen LogP contribution >= 0.6 is 15.9 Å². The largest absolute Gasteiger partial charge is 0.491 e. The summed E-state index contributed by atoms with van der Waals surface area (Å²) in [4.78, 5) is 4.40. The number of aryl methyl sites for hydroxylation is 1. The van der Waals surface area contributed by atoms with Crippen LogP contribution in [0.1, 0.15) is 17.2 Å². The summed E-state index contributed by atoms with van der Waals surface area (Å²) in [5.41, 5.74) is 2.32. The highest BCUT2D eigenvalue weighted by molar-refractivity contribution is 9.10. The highest BCUT2D eigenvalue weighted by Crippen LogP contribution is 2.35. The lowest BCUT2D eigenvalue weighted by Gasteiger charge is -2.13. The van der Waals surface area contributed by atoms with Gasteiger partial charge in [0.05, 0.1) is 10.5 Å². The van der Waals surface area contributed by atoms with Gasteiger partial charge in [0.15, 0.2) is 0 Å². The highest BCUT2D eigenvalue weighted by atomic mass is 79.9. The van der Waals surface area contributed by atoms with Crippen molar-refractivity contribution >= 4 is 21.7 Å². The van der Waals surface area contributed by atoms with Crippen molar-refractivity contribution in [2.24, 2.45) is 0 Å². The molecule has 0 saturated heterocycles. The molecule has 1 aliphatic heterocycles. The smallest absolute Gasteiger partial charge is 0.140 e. The van der Waals surface area contributed by atoms with Gasteiger partial charge >= 0.3 is 0 Å². The van der Waals surface area contributed by atoms with Crippen LogP contribution in [-0.2, 0) is 0 Å². The normalized spacial score (nSPS) is 17.1. The predicted octanol–water partition coefficient (Wildman–Crippen LogP) is 3.70. The first-order valence-corrected chi connectivity index (χ1v) is 6.64. The van der Waals surface area contributed by atoms with Gasteiger partial charge in [0, 0.05) is 11.8 Å². The SMILES string of the molecule is Cc1cnc(NC2COc3ccccc32)c(Br)c1. The number of halogens is 1. The summed E-state index contributed by atoms with van der Waals surface area (Å²) in [6.07, 6.45) is 1.86. The molecule has 0 fully saturated rings. The summed E-state index contributed by atoms with van der Waals surface area (Å²) in [5.74, 6) is 1.81. The molecule has 1 unspecified atom stereocenters. The van der Waals surface area contributed by atoms with Gasteiger partial charge in [-0.1, -0.05) is 18.2 Å². The molecule has 0 spiro atoms. The van der Waals surface area contributed by atoms with E-state index >= 15 is 0 Å². The standard InChI is InChI=1S/C14H13BrN2O/c1-9-6-11(15)14(16-7-9)17-12-8-18-13-5-3-2-4-10(12)13/h2-7,12H,8H2,1H3,(H,16,17). The Kier molecular flexibility index (Phi) is 2.96. The number of nitrogens with zero attached hydrogens (tertiary/aromatic N) is 1. The predicted molar refractivity (Wildman–Crippen MR) is 75.0 cm³/mol. The maximum absolute atomic E-state index is 5.64. The number of para-hydroxylation sites is 1. The molecule has 18 heavy (non-hydrogen) atoms. The van der Waals surface area contributed by atoms with E-state index in [0.29, 0.717) is 6.61 Å². The van der Waals surface area contributed by atoms with Crippen LogP contribution in [-0.4, -0.2) is 11.6 Å². The first-order chi connectivity index (χ1) is 8.74. The Morgan fingerprint density at radius 1 is 1.39 bits per heavy atom. The van der Waals surface area contributed by atoms with Crippen molar-refractivity contribution in [1.82, 2.24) is 4.98 Å². The number of rotatable bonds is 2. The number of ether oxygens (including phenoxy) is 1. The van der Waals surface area contributed by atoms with E-state index in [4.69, 9.17) is 4.74 Å². The number of hydrogen-bond acceptors (Lipinski definition) is 3. The van der Waals surface area contributed by atoms with E-state index in [1.807, 2.05) is 31.3 Å². The van der Waals surface area contributed by atoms with Crippen molar-refractivity contribution < 1.29 is 4.74 Å². The first kappa shape index (κ1) is 11.5. The van der Waals surface area contributed by atoms with Crippen molar-refractivity contribution in [3.8, 4) is 5.75 Å². The van der Waals surface area contributed by atoms with Crippen LogP contribution in [0.25, 0.3) is 0 Å². The summed E-state index contributed by atoms with van der Waals surface area (Å²) in [6.45, 7) is 2.66. The molecule has 0 bridgehead atoms. The average molecular weight is 305 g/mol. The topological polar surface area (TPSA) is 34.2 Å². The van der Waals surface area contributed by atoms with Crippen LogP contribution in [0.4, 0.5) is 5.82 Å². The Balaban J connectivity index is 1.86. The van der Waals surface area contributed by atoms with Gasteiger partial charge in [-0.3, -0.25) is 0 Å². The molecular weight excluding hydrogens is 292 g/mol. The molecule has 0 radical (unpaired) electrons.